The highest BCUT2D eigenvalue weighted by Crippen LogP contribution is 2.32. The Bertz CT molecular complexity index is 690. The molecule has 0 atom stereocenters. The normalized spacial score (nSPS) is 10.8. The fourth-order valence-electron chi connectivity index (χ4n) is 2.29. The molecule has 2 aromatic rings. The van der Waals surface area contributed by atoms with E-state index in [1.54, 1.807) is 25.2 Å². The zero-order chi connectivity index (χ0) is 16.9. The molecule has 0 saturated carbocycles. The molecule has 3 nitrogen and oxygen atoms in total. The third kappa shape index (κ3) is 5.54. The van der Waals surface area contributed by atoms with E-state index in [2.05, 4.69) is 10.6 Å². The standard InChI is InChI=1S/C17H17F3N2O.ClH/c1-21-11-12-5-4-7-14(9-12)22-16(23)10-13-6-2-3-8-15(13)17(18,19)20;/h2-9,21H,10-11H2,1H3,(H,22,23);1H. The van der Waals surface area contributed by atoms with Gasteiger partial charge in [-0.2, -0.15) is 13.2 Å². The van der Waals surface area contributed by atoms with Gasteiger partial charge in [-0.1, -0.05) is 30.3 Å². The average Bonchev–Trinajstić information content (AvgIpc) is 2.47. The quantitative estimate of drug-likeness (QED) is 0.847. The molecule has 7 heteroatoms. The Morgan fingerprint density at radius 2 is 1.79 bits per heavy atom. The van der Waals surface area contributed by atoms with Gasteiger partial charge in [0.25, 0.3) is 0 Å². The van der Waals surface area contributed by atoms with Gasteiger partial charge < -0.3 is 10.6 Å². The van der Waals surface area contributed by atoms with Crippen LogP contribution in [-0.4, -0.2) is 13.0 Å². The molecule has 0 fully saturated rings. The largest absolute Gasteiger partial charge is 0.416 e. The molecule has 0 heterocycles. The zero-order valence-corrected chi connectivity index (χ0v) is 13.8. The van der Waals surface area contributed by atoms with E-state index in [0.717, 1.165) is 11.6 Å². The molecule has 0 aliphatic carbocycles. The van der Waals surface area contributed by atoms with Crippen LogP contribution in [0.15, 0.2) is 48.5 Å². The van der Waals surface area contributed by atoms with Crippen LogP contribution in [0, 0.1) is 0 Å². The van der Waals surface area contributed by atoms with Crippen LogP contribution in [0.2, 0.25) is 0 Å². The number of benzene rings is 2. The summed E-state index contributed by atoms with van der Waals surface area (Å²) in [5, 5.41) is 5.62. The first-order chi connectivity index (χ1) is 10.9. The number of halogens is 4. The highest BCUT2D eigenvalue weighted by molar-refractivity contribution is 5.92. The van der Waals surface area contributed by atoms with Crippen molar-refractivity contribution in [3.63, 3.8) is 0 Å². The second kappa shape index (κ2) is 8.70. The smallest absolute Gasteiger partial charge is 0.326 e. The lowest BCUT2D eigenvalue weighted by atomic mass is 10.0. The Kier molecular flexibility index (Phi) is 7.25. The molecule has 0 radical (unpaired) electrons. The van der Waals surface area contributed by atoms with Crippen LogP contribution in [0.1, 0.15) is 16.7 Å². The Labute approximate surface area is 144 Å². The molecule has 2 aromatic carbocycles. The number of carbonyl (C=O) groups excluding carboxylic acids is 1. The minimum atomic E-state index is -4.47. The molecule has 2 N–H and O–H groups in total. The van der Waals surface area contributed by atoms with Crippen LogP contribution in [0.4, 0.5) is 18.9 Å². The third-order valence-corrected chi connectivity index (χ3v) is 3.27. The van der Waals surface area contributed by atoms with Gasteiger partial charge in [0.05, 0.1) is 12.0 Å². The molecule has 0 aliphatic heterocycles. The molecule has 0 bridgehead atoms. The van der Waals surface area contributed by atoms with Crippen molar-refractivity contribution < 1.29 is 18.0 Å². The second-order valence-electron chi connectivity index (χ2n) is 5.11. The van der Waals surface area contributed by atoms with Gasteiger partial charge in [0.2, 0.25) is 5.91 Å². The Morgan fingerprint density at radius 1 is 1.08 bits per heavy atom. The van der Waals surface area contributed by atoms with E-state index in [9.17, 15) is 18.0 Å². The van der Waals surface area contributed by atoms with Crippen molar-refractivity contribution >= 4 is 24.0 Å². The molecule has 1 amide bonds. The first kappa shape index (κ1) is 20.0. The van der Waals surface area contributed by atoms with Crippen LogP contribution < -0.4 is 10.6 Å². The third-order valence-electron chi connectivity index (χ3n) is 3.27. The van der Waals surface area contributed by atoms with Crippen LogP contribution >= 0.6 is 12.4 Å². The highest BCUT2D eigenvalue weighted by atomic mass is 35.5. The molecule has 2 rings (SSSR count). The number of carbonyl (C=O) groups is 1. The summed E-state index contributed by atoms with van der Waals surface area (Å²) < 4.78 is 38.8. The lowest BCUT2D eigenvalue weighted by Gasteiger charge is -2.13. The minimum absolute atomic E-state index is 0. The van der Waals surface area contributed by atoms with Crippen LogP contribution in [0.5, 0.6) is 0 Å². The maximum atomic E-state index is 12.9. The molecular formula is C17H18ClF3N2O. The molecular weight excluding hydrogens is 341 g/mol. The van der Waals surface area contributed by atoms with Crippen LogP contribution in [0.25, 0.3) is 0 Å². The van der Waals surface area contributed by atoms with Crippen LogP contribution in [-0.2, 0) is 23.9 Å². The maximum Gasteiger partial charge on any atom is 0.416 e. The Hall–Kier alpha value is -2.05. The minimum Gasteiger partial charge on any atom is -0.326 e. The van der Waals surface area contributed by atoms with E-state index in [0.29, 0.717) is 12.2 Å². The Morgan fingerprint density at radius 3 is 2.46 bits per heavy atom. The van der Waals surface area contributed by atoms with Crippen molar-refractivity contribution in [1.82, 2.24) is 5.32 Å². The lowest BCUT2D eigenvalue weighted by molar-refractivity contribution is -0.138. The summed E-state index contributed by atoms with van der Waals surface area (Å²) in [6.07, 6.45) is -4.80. The van der Waals surface area contributed by atoms with Gasteiger partial charge in [-0.25, -0.2) is 0 Å². The summed E-state index contributed by atoms with van der Waals surface area (Å²) in [4.78, 5) is 12.0. The summed E-state index contributed by atoms with van der Waals surface area (Å²) in [7, 11) is 1.80. The van der Waals surface area contributed by atoms with E-state index in [-0.39, 0.29) is 24.4 Å². The van der Waals surface area contributed by atoms with Gasteiger partial charge in [0.1, 0.15) is 0 Å². The number of anilines is 1. The van der Waals surface area contributed by atoms with Gasteiger partial charge in [-0.3, -0.25) is 4.79 Å². The predicted octanol–water partition coefficient (Wildman–Crippen LogP) is 4.03. The lowest BCUT2D eigenvalue weighted by Crippen LogP contribution is -2.18. The fraction of sp³-hybridized carbons (Fsp3) is 0.235. The zero-order valence-electron chi connectivity index (χ0n) is 13.0. The van der Waals surface area contributed by atoms with Crippen molar-refractivity contribution in [2.75, 3.05) is 12.4 Å². The van der Waals surface area contributed by atoms with Gasteiger partial charge >= 0.3 is 6.18 Å². The SMILES string of the molecule is CNCc1cccc(NC(=O)Cc2ccccc2C(F)(F)F)c1.Cl. The molecule has 130 valence electrons. The van der Waals surface area contributed by atoms with E-state index >= 15 is 0 Å². The number of hydrogen-bond donors (Lipinski definition) is 2. The first-order valence-corrected chi connectivity index (χ1v) is 7.08. The summed E-state index contributed by atoms with van der Waals surface area (Å²) in [5.74, 6) is -0.483. The van der Waals surface area contributed by atoms with Crippen LogP contribution in [0.3, 0.4) is 0 Å². The van der Waals surface area contributed by atoms with Crippen molar-refractivity contribution in [2.45, 2.75) is 19.1 Å². The number of amides is 1. The molecule has 0 saturated heterocycles. The van der Waals surface area contributed by atoms with E-state index < -0.39 is 17.6 Å². The summed E-state index contributed by atoms with van der Waals surface area (Å²) in [5.41, 5.74) is 0.719. The maximum absolute atomic E-state index is 12.9. The Balaban J connectivity index is 0.00000288. The van der Waals surface area contributed by atoms with E-state index in [1.807, 2.05) is 6.07 Å². The van der Waals surface area contributed by atoms with Crippen molar-refractivity contribution in [3.8, 4) is 0 Å². The topological polar surface area (TPSA) is 41.1 Å². The number of nitrogens with one attached hydrogen (secondary N) is 2. The van der Waals surface area contributed by atoms with E-state index in [4.69, 9.17) is 0 Å². The van der Waals surface area contributed by atoms with Gasteiger partial charge in [-0.15, -0.1) is 12.4 Å². The predicted molar refractivity (Wildman–Crippen MR) is 90.2 cm³/mol. The van der Waals surface area contributed by atoms with Gasteiger partial charge in [0.15, 0.2) is 0 Å². The number of alkyl halides is 3. The van der Waals surface area contributed by atoms with Crippen molar-refractivity contribution in [3.05, 3.63) is 65.2 Å². The van der Waals surface area contributed by atoms with Crippen molar-refractivity contribution in [2.24, 2.45) is 0 Å². The number of hydrogen-bond acceptors (Lipinski definition) is 2. The molecule has 0 spiro atoms. The first-order valence-electron chi connectivity index (χ1n) is 7.08. The second-order valence-corrected chi connectivity index (χ2v) is 5.11. The molecule has 0 aromatic heterocycles. The monoisotopic (exact) mass is 358 g/mol. The number of rotatable bonds is 5. The fourth-order valence-corrected chi connectivity index (χ4v) is 2.29. The average molecular weight is 359 g/mol. The highest BCUT2D eigenvalue weighted by Gasteiger charge is 2.33. The van der Waals surface area contributed by atoms with Gasteiger partial charge in [0, 0.05) is 12.2 Å². The summed E-state index contributed by atoms with van der Waals surface area (Å²) >= 11 is 0. The summed E-state index contributed by atoms with van der Waals surface area (Å²) in [6.45, 7) is 0.640. The van der Waals surface area contributed by atoms with Crippen molar-refractivity contribution in [1.29, 1.82) is 0 Å². The molecule has 24 heavy (non-hydrogen) atoms. The van der Waals surface area contributed by atoms with E-state index in [1.165, 1.54) is 18.2 Å². The molecule has 0 unspecified atom stereocenters. The van der Waals surface area contributed by atoms with Gasteiger partial charge in [-0.05, 0) is 36.4 Å². The molecule has 0 aliphatic rings. The summed E-state index contributed by atoms with van der Waals surface area (Å²) in [6, 6.07) is 12.3.